The first-order valence-corrected chi connectivity index (χ1v) is 10.3. The lowest BCUT2D eigenvalue weighted by Crippen LogP contribution is -2.63. The molecule has 1 spiro atoms. The number of halogens is 2. The van der Waals surface area contributed by atoms with Gasteiger partial charge in [0.2, 0.25) is 5.91 Å². The number of ether oxygens (including phenoxy) is 1. The lowest BCUT2D eigenvalue weighted by Gasteiger charge is -2.54. The minimum atomic E-state index is -2.62. The van der Waals surface area contributed by atoms with E-state index in [0.29, 0.717) is 13.2 Å². The molecule has 0 bridgehead atoms. The Morgan fingerprint density at radius 1 is 1.36 bits per heavy atom. The van der Waals surface area contributed by atoms with Crippen molar-refractivity contribution in [1.29, 1.82) is 0 Å². The van der Waals surface area contributed by atoms with E-state index in [1.165, 1.54) is 6.42 Å². The van der Waals surface area contributed by atoms with Crippen LogP contribution in [0.5, 0.6) is 0 Å². The highest BCUT2D eigenvalue weighted by Gasteiger charge is 2.48. The first kappa shape index (κ1) is 19.8. The van der Waals surface area contributed by atoms with Crippen molar-refractivity contribution in [3.63, 3.8) is 0 Å². The van der Waals surface area contributed by atoms with Crippen LogP contribution in [0.15, 0.2) is 4.52 Å². The van der Waals surface area contributed by atoms with E-state index < -0.39 is 12.0 Å². The standard InChI is InChI=1S/C20H29F2N3O3/c1-3-17-16(13(2)24-28-17)11-25-10-15(27-12-19(25)5-4-6-19)7-18(26)23-14-8-20(21,22)9-14/h14-15H,3-12H2,1-2H3,(H,23,26). The van der Waals surface area contributed by atoms with Crippen molar-refractivity contribution in [2.45, 2.75) is 88.9 Å². The molecule has 0 radical (unpaired) electrons. The number of carbonyl (C=O) groups is 1. The van der Waals surface area contributed by atoms with Crippen molar-refractivity contribution in [1.82, 2.24) is 15.4 Å². The SMILES string of the molecule is CCc1onc(C)c1CN1CC(CC(=O)NC2CC(F)(F)C2)OCC12CCC2. The molecule has 1 saturated heterocycles. The smallest absolute Gasteiger partial charge is 0.252 e. The first-order chi connectivity index (χ1) is 13.3. The van der Waals surface area contributed by atoms with E-state index in [4.69, 9.17) is 9.26 Å². The molecule has 156 valence electrons. The number of rotatable bonds is 6. The van der Waals surface area contributed by atoms with Gasteiger partial charge in [-0.1, -0.05) is 12.1 Å². The van der Waals surface area contributed by atoms with Crippen molar-refractivity contribution in [3.05, 3.63) is 17.0 Å². The third-order valence-electron chi connectivity index (χ3n) is 6.57. The van der Waals surface area contributed by atoms with Gasteiger partial charge in [0.15, 0.2) is 0 Å². The molecule has 1 atom stereocenters. The van der Waals surface area contributed by atoms with Crippen molar-refractivity contribution < 1.29 is 22.8 Å². The quantitative estimate of drug-likeness (QED) is 0.799. The summed E-state index contributed by atoms with van der Waals surface area (Å²) in [6, 6.07) is -0.410. The summed E-state index contributed by atoms with van der Waals surface area (Å²) in [6.07, 6.45) is 3.63. The van der Waals surface area contributed by atoms with Gasteiger partial charge in [0.1, 0.15) is 5.76 Å². The minimum Gasteiger partial charge on any atom is -0.374 e. The molecule has 2 heterocycles. The summed E-state index contributed by atoms with van der Waals surface area (Å²) in [4.78, 5) is 14.7. The fourth-order valence-corrected chi connectivity index (χ4v) is 4.62. The Kier molecular flexibility index (Phi) is 5.20. The van der Waals surface area contributed by atoms with Gasteiger partial charge in [-0.05, 0) is 26.2 Å². The summed E-state index contributed by atoms with van der Waals surface area (Å²) in [5.74, 6) is -1.91. The summed E-state index contributed by atoms with van der Waals surface area (Å²) >= 11 is 0. The van der Waals surface area contributed by atoms with Crippen LogP contribution in [0.4, 0.5) is 8.78 Å². The molecule has 8 heteroatoms. The molecule has 4 rings (SSSR count). The van der Waals surface area contributed by atoms with Gasteiger partial charge in [-0.2, -0.15) is 0 Å². The van der Waals surface area contributed by atoms with E-state index in [2.05, 4.69) is 22.3 Å². The van der Waals surface area contributed by atoms with Crippen LogP contribution in [0.1, 0.15) is 62.5 Å². The molecule has 6 nitrogen and oxygen atoms in total. The minimum absolute atomic E-state index is 0.0394. The number of aromatic nitrogens is 1. The maximum Gasteiger partial charge on any atom is 0.252 e. The van der Waals surface area contributed by atoms with Crippen LogP contribution >= 0.6 is 0 Å². The summed E-state index contributed by atoms with van der Waals surface area (Å²) < 4.78 is 37.4. The molecule has 1 aromatic rings. The molecular formula is C20H29F2N3O3. The average Bonchev–Trinajstić information content (AvgIpc) is 2.92. The normalized spacial score (nSPS) is 26.6. The van der Waals surface area contributed by atoms with Gasteiger partial charge in [-0.15, -0.1) is 0 Å². The van der Waals surface area contributed by atoms with Crippen molar-refractivity contribution >= 4 is 5.91 Å². The highest BCUT2D eigenvalue weighted by atomic mass is 19.3. The molecule has 2 saturated carbocycles. The van der Waals surface area contributed by atoms with Crippen molar-refractivity contribution in [2.75, 3.05) is 13.2 Å². The maximum absolute atomic E-state index is 13.0. The predicted octanol–water partition coefficient (Wildman–Crippen LogP) is 2.97. The Morgan fingerprint density at radius 2 is 2.11 bits per heavy atom. The number of morpholine rings is 1. The van der Waals surface area contributed by atoms with Crippen LogP contribution in [0, 0.1) is 6.92 Å². The van der Waals surface area contributed by atoms with Gasteiger partial charge in [0, 0.05) is 49.5 Å². The molecule has 1 aromatic heterocycles. The van der Waals surface area contributed by atoms with Crippen molar-refractivity contribution in [3.8, 4) is 0 Å². The number of hydrogen-bond acceptors (Lipinski definition) is 5. The zero-order valence-corrected chi connectivity index (χ0v) is 16.6. The Balaban J connectivity index is 1.37. The average molecular weight is 397 g/mol. The molecule has 1 N–H and O–H groups in total. The monoisotopic (exact) mass is 397 g/mol. The van der Waals surface area contributed by atoms with Gasteiger partial charge < -0.3 is 14.6 Å². The van der Waals surface area contributed by atoms with E-state index >= 15 is 0 Å². The zero-order chi connectivity index (χ0) is 19.9. The number of carbonyl (C=O) groups excluding carboxylic acids is 1. The Labute approximate surface area is 163 Å². The number of nitrogens with zero attached hydrogens (tertiary/aromatic N) is 2. The lowest BCUT2D eigenvalue weighted by molar-refractivity contribution is -0.156. The van der Waals surface area contributed by atoms with Gasteiger partial charge in [-0.3, -0.25) is 9.69 Å². The van der Waals surface area contributed by atoms with E-state index in [1.54, 1.807) is 0 Å². The van der Waals surface area contributed by atoms with Crippen LogP contribution < -0.4 is 5.32 Å². The van der Waals surface area contributed by atoms with Crippen LogP contribution in [-0.2, 0) is 22.5 Å². The first-order valence-electron chi connectivity index (χ1n) is 10.3. The second-order valence-corrected chi connectivity index (χ2v) is 8.65. The second kappa shape index (κ2) is 7.37. The predicted molar refractivity (Wildman–Crippen MR) is 98.1 cm³/mol. The van der Waals surface area contributed by atoms with Crippen LogP contribution in [-0.4, -0.2) is 52.7 Å². The maximum atomic E-state index is 13.0. The molecule has 1 aliphatic heterocycles. The fraction of sp³-hybridized carbons (Fsp3) is 0.800. The Morgan fingerprint density at radius 3 is 2.71 bits per heavy atom. The van der Waals surface area contributed by atoms with E-state index in [9.17, 15) is 13.6 Å². The Hall–Kier alpha value is -1.54. The summed E-state index contributed by atoms with van der Waals surface area (Å²) in [7, 11) is 0. The number of aryl methyl sites for hydroxylation is 2. The molecule has 28 heavy (non-hydrogen) atoms. The number of amides is 1. The van der Waals surface area contributed by atoms with Gasteiger partial charge >= 0.3 is 0 Å². The highest BCUT2D eigenvalue weighted by Crippen LogP contribution is 2.42. The second-order valence-electron chi connectivity index (χ2n) is 8.65. The highest BCUT2D eigenvalue weighted by molar-refractivity contribution is 5.77. The summed E-state index contributed by atoms with van der Waals surface area (Å²) in [5, 5.41) is 6.83. The number of alkyl halides is 2. The van der Waals surface area contributed by atoms with E-state index in [1.807, 2.05) is 6.92 Å². The summed E-state index contributed by atoms with van der Waals surface area (Å²) in [6.45, 7) is 6.03. The largest absolute Gasteiger partial charge is 0.374 e. The van der Waals surface area contributed by atoms with Crippen molar-refractivity contribution in [2.24, 2.45) is 0 Å². The van der Waals surface area contributed by atoms with Crippen LogP contribution in [0.2, 0.25) is 0 Å². The zero-order valence-electron chi connectivity index (χ0n) is 16.6. The summed E-state index contributed by atoms with van der Waals surface area (Å²) in [5.41, 5.74) is 2.09. The van der Waals surface area contributed by atoms with Gasteiger partial charge in [-0.25, -0.2) is 8.78 Å². The number of nitrogens with one attached hydrogen (secondary N) is 1. The Bertz CT molecular complexity index is 724. The third kappa shape index (κ3) is 3.81. The molecule has 1 unspecified atom stereocenters. The third-order valence-corrected chi connectivity index (χ3v) is 6.57. The molecule has 3 fully saturated rings. The molecule has 2 aliphatic carbocycles. The molecule has 1 amide bonds. The fourth-order valence-electron chi connectivity index (χ4n) is 4.62. The van der Waals surface area contributed by atoms with E-state index in [-0.39, 0.29) is 36.8 Å². The molecular weight excluding hydrogens is 368 g/mol. The topological polar surface area (TPSA) is 67.6 Å². The van der Waals surface area contributed by atoms with Gasteiger partial charge in [0.25, 0.3) is 5.92 Å². The molecule has 0 aromatic carbocycles. The molecule has 3 aliphatic rings. The number of hydrogen-bond donors (Lipinski definition) is 1. The van der Waals surface area contributed by atoms with Gasteiger partial charge in [0.05, 0.1) is 24.8 Å². The van der Waals surface area contributed by atoms with Crippen LogP contribution in [0.3, 0.4) is 0 Å². The van der Waals surface area contributed by atoms with Crippen LogP contribution in [0.25, 0.3) is 0 Å². The lowest BCUT2D eigenvalue weighted by atomic mass is 9.74. The van der Waals surface area contributed by atoms with E-state index in [0.717, 1.165) is 42.8 Å².